The Morgan fingerprint density at radius 2 is 1.60 bits per heavy atom. The first-order valence-electron chi connectivity index (χ1n) is 7.39. The van der Waals surface area contributed by atoms with Crippen LogP contribution in [0.3, 0.4) is 0 Å². The summed E-state index contributed by atoms with van der Waals surface area (Å²) >= 11 is 0. The molecule has 0 amide bonds. The zero-order valence-electron chi connectivity index (χ0n) is 13.7. The van der Waals surface area contributed by atoms with Crippen LogP contribution < -0.4 is 4.74 Å². The van der Waals surface area contributed by atoms with Gasteiger partial charge in [0, 0.05) is 6.42 Å². The lowest BCUT2D eigenvalue weighted by atomic mass is 9.72. The van der Waals surface area contributed by atoms with Crippen molar-refractivity contribution >= 4 is 5.78 Å². The molecule has 0 fully saturated rings. The number of ether oxygens (including phenoxy) is 1. The lowest BCUT2D eigenvalue weighted by molar-refractivity contribution is -0.120. The first-order valence-corrected chi connectivity index (χ1v) is 7.39. The highest BCUT2D eigenvalue weighted by molar-refractivity contribution is 5.79. The van der Waals surface area contributed by atoms with E-state index in [-0.39, 0.29) is 17.8 Å². The number of ketones is 1. The Morgan fingerprint density at radius 3 is 2.05 bits per heavy atom. The summed E-state index contributed by atoms with van der Waals surface area (Å²) < 4.78 is 5.48. The minimum Gasteiger partial charge on any atom is -0.486 e. The highest BCUT2D eigenvalue weighted by Gasteiger charge is 2.27. The molecule has 0 aromatic heterocycles. The van der Waals surface area contributed by atoms with Crippen molar-refractivity contribution in [2.24, 2.45) is 5.41 Å². The van der Waals surface area contributed by atoms with E-state index in [4.69, 9.17) is 4.74 Å². The van der Waals surface area contributed by atoms with E-state index in [0.29, 0.717) is 11.8 Å². The van der Waals surface area contributed by atoms with Crippen molar-refractivity contribution in [1.82, 2.24) is 0 Å². The first kappa shape index (κ1) is 16.7. The van der Waals surface area contributed by atoms with Gasteiger partial charge in [-0.2, -0.15) is 0 Å². The van der Waals surface area contributed by atoms with Crippen molar-refractivity contribution in [2.45, 2.75) is 59.8 Å². The van der Waals surface area contributed by atoms with Gasteiger partial charge in [-0.3, -0.25) is 4.79 Å². The minimum absolute atomic E-state index is 0.127. The predicted molar refractivity (Wildman–Crippen MR) is 84.3 cm³/mol. The van der Waals surface area contributed by atoms with Gasteiger partial charge in [0.1, 0.15) is 12.4 Å². The fourth-order valence-corrected chi connectivity index (χ4v) is 2.70. The van der Waals surface area contributed by atoms with E-state index in [1.54, 1.807) is 0 Å². The van der Waals surface area contributed by atoms with E-state index in [1.165, 1.54) is 5.56 Å². The van der Waals surface area contributed by atoms with Gasteiger partial charge in [0.2, 0.25) is 0 Å². The lowest BCUT2D eigenvalue weighted by Crippen LogP contribution is -2.24. The van der Waals surface area contributed by atoms with Gasteiger partial charge >= 0.3 is 0 Å². The van der Waals surface area contributed by atoms with Crippen LogP contribution in [0, 0.1) is 5.41 Å². The summed E-state index contributed by atoms with van der Waals surface area (Å²) in [5, 5.41) is 0. The number of carbonyl (C=O) groups is 1. The van der Waals surface area contributed by atoms with Crippen molar-refractivity contribution in [2.75, 3.05) is 6.61 Å². The van der Waals surface area contributed by atoms with Gasteiger partial charge in [-0.1, -0.05) is 53.7 Å². The molecule has 0 atom stereocenters. The molecule has 0 unspecified atom stereocenters. The van der Waals surface area contributed by atoms with Crippen LogP contribution in [0.15, 0.2) is 24.3 Å². The zero-order valence-corrected chi connectivity index (χ0v) is 13.7. The van der Waals surface area contributed by atoms with Gasteiger partial charge in [0.15, 0.2) is 5.78 Å². The number of benzene rings is 1. The maximum atomic E-state index is 11.2. The molecule has 1 aromatic rings. The molecule has 0 N–H and O–H groups in total. The molecule has 0 bridgehead atoms. The van der Waals surface area contributed by atoms with Gasteiger partial charge in [-0.25, -0.2) is 0 Å². The van der Waals surface area contributed by atoms with Gasteiger partial charge < -0.3 is 4.74 Å². The highest BCUT2D eigenvalue weighted by Crippen LogP contribution is 2.36. The molecule has 0 aliphatic carbocycles. The second-order valence-corrected chi connectivity index (χ2v) is 7.33. The normalized spacial score (nSPS) is 12.3. The third kappa shape index (κ3) is 5.36. The van der Waals surface area contributed by atoms with Crippen molar-refractivity contribution in [3.63, 3.8) is 0 Å². The van der Waals surface area contributed by atoms with Crippen LogP contribution in [0.5, 0.6) is 5.75 Å². The molecule has 1 rings (SSSR count). The fraction of sp³-hybridized carbons (Fsp3) is 0.611. The van der Waals surface area contributed by atoms with Crippen LogP contribution in [0.25, 0.3) is 0 Å². The Hall–Kier alpha value is -1.31. The largest absolute Gasteiger partial charge is 0.486 e. The average molecular weight is 276 g/mol. The molecule has 112 valence electrons. The topological polar surface area (TPSA) is 26.3 Å². The second kappa shape index (κ2) is 6.43. The van der Waals surface area contributed by atoms with Gasteiger partial charge in [0.25, 0.3) is 0 Å². The summed E-state index contributed by atoms with van der Waals surface area (Å²) in [5.41, 5.74) is 1.74. The Labute approximate surface area is 123 Å². The third-order valence-corrected chi connectivity index (χ3v) is 3.40. The highest BCUT2D eigenvalue weighted by atomic mass is 16.5. The number of hydrogen-bond acceptors (Lipinski definition) is 2. The number of rotatable bonds is 6. The van der Waals surface area contributed by atoms with Crippen LogP contribution in [0.2, 0.25) is 0 Å². The summed E-state index contributed by atoms with van der Waals surface area (Å²) in [6.07, 6.45) is 1.64. The molecule has 0 saturated carbocycles. The van der Waals surface area contributed by atoms with E-state index < -0.39 is 0 Å². The average Bonchev–Trinajstić information content (AvgIpc) is 2.33. The smallest absolute Gasteiger partial charge is 0.169 e. The first-order chi connectivity index (χ1) is 9.14. The molecule has 0 heterocycles. The summed E-state index contributed by atoms with van der Waals surface area (Å²) in [5.74, 6) is 0.893. The molecule has 0 spiro atoms. The third-order valence-electron chi connectivity index (χ3n) is 3.40. The Bertz CT molecular complexity index is 435. The van der Waals surface area contributed by atoms with Crippen LogP contribution >= 0.6 is 0 Å². The van der Waals surface area contributed by atoms with E-state index in [1.807, 2.05) is 19.1 Å². The molecular weight excluding hydrogens is 248 g/mol. The maximum Gasteiger partial charge on any atom is 0.169 e. The molecule has 0 saturated heterocycles. The van der Waals surface area contributed by atoms with Crippen LogP contribution in [-0.2, 0) is 10.2 Å². The summed E-state index contributed by atoms with van der Waals surface area (Å²) in [7, 11) is 0. The standard InChI is InChI=1S/C18H28O2/c1-7-15(19)12-20-16-10-8-14(9-11-16)18(5,6)13-17(2,3)4/h8-11H,7,12-13H2,1-6H3. The van der Waals surface area contributed by atoms with Gasteiger partial charge in [0.05, 0.1) is 0 Å². The minimum atomic E-state index is 0.127. The molecule has 0 radical (unpaired) electrons. The monoisotopic (exact) mass is 276 g/mol. The predicted octanol–water partition coefficient (Wildman–Crippen LogP) is 4.76. The number of Topliss-reactive ketones (excluding diaryl/α,β-unsaturated/α-hetero) is 1. The van der Waals surface area contributed by atoms with Crippen molar-refractivity contribution in [3.8, 4) is 5.75 Å². The van der Waals surface area contributed by atoms with E-state index in [0.717, 1.165) is 12.2 Å². The SMILES string of the molecule is CCC(=O)COc1ccc(C(C)(C)CC(C)(C)C)cc1. The Balaban J connectivity index is 2.73. The quantitative estimate of drug-likeness (QED) is 0.749. The van der Waals surface area contributed by atoms with E-state index in [9.17, 15) is 4.79 Å². The maximum absolute atomic E-state index is 11.2. The Kier molecular flexibility index (Phi) is 5.38. The molecule has 1 aromatic carbocycles. The molecule has 2 heteroatoms. The molecule has 0 aliphatic heterocycles. The molecule has 2 nitrogen and oxygen atoms in total. The second-order valence-electron chi connectivity index (χ2n) is 7.33. The fourth-order valence-electron chi connectivity index (χ4n) is 2.70. The molecular formula is C18H28O2. The zero-order chi connectivity index (χ0) is 15.4. The van der Waals surface area contributed by atoms with Crippen LogP contribution in [0.1, 0.15) is 59.9 Å². The van der Waals surface area contributed by atoms with E-state index in [2.05, 4.69) is 46.8 Å². The summed E-state index contributed by atoms with van der Waals surface area (Å²) in [6, 6.07) is 8.14. The summed E-state index contributed by atoms with van der Waals surface area (Å²) in [6.45, 7) is 13.4. The number of hydrogen-bond donors (Lipinski definition) is 0. The number of carbonyl (C=O) groups excluding carboxylic acids is 1. The summed E-state index contributed by atoms with van der Waals surface area (Å²) in [4.78, 5) is 11.2. The Morgan fingerprint density at radius 1 is 1.05 bits per heavy atom. The van der Waals surface area contributed by atoms with Gasteiger partial charge in [-0.05, 0) is 34.9 Å². The van der Waals surface area contributed by atoms with Crippen molar-refractivity contribution < 1.29 is 9.53 Å². The van der Waals surface area contributed by atoms with Crippen molar-refractivity contribution in [3.05, 3.63) is 29.8 Å². The molecule has 0 aliphatic rings. The van der Waals surface area contributed by atoms with E-state index >= 15 is 0 Å². The van der Waals surface area contributed by atoms with Crippen LogP contribution in [0.4, 0.5) is 0 Å². The lowest BCUT2D eigenvalue weighted by Gasteiger charge is -2.33. The van der Waals surface area contributed by atoms with Crippen molar-refractivity contribution in [1.29, 1.82) is 0 Å². The molecule has 20 heavy (non-hydrogen) atoms. The van der Waals surface area contributed by atoms with Crippen LogP contribution in [-0.4, -0.2) is 12.4 Å². The van der Waals surface area contributed by atoms with Gasteiger partial charge in [-0.15, -0.1) is 0 Å².